The number of urea groups is 1. The van der Waals surface area contributed by atoms with Gasteiger partial charge in [0.05, 0.1) is 6.42 Å². The number of likely N-dealkylation sites (tertiary alicyclic amines) is 1. The molecular weight excluding hydrogens is 384 g/mol. The number of hydrogen-bond acceptors (Lipinski definition) is 4. The average Bonchev–Trinajstić information content (AvgIpc) is 2.74. The predicted octanol–water partition coefficient (Wildman–Crippen LogP) is 3.05. The van der Waals surface area contributed by atoms with Gasteiger partial charge in [0, 0.05) is 36.8 Å². The maximum Gasteiger partial charge on any atom is 0.319 e. The van der Waals surface area contributed by atoms with E-state index in [-0.39, 0.29) is 11.9 Å². The highest BCUT2D eigenvalue weighted by molar-refractivity contribution is 7.99. The summed E-state index contributed by atoms with van der Waals surface area (Å²) < 4.78 is 0. The molecule has 3 rings (SSSR count). The second kappa shape index (κ2) is 11.5. The van der Waals surface area contributed by atoms with Gasteiger partial charge in [0.2, 0.25) is 5.91 Å². The van der Waals surface area contributed by atoms with Crippen molar-refractivity contribution in [2.45, 2.75) is 32.6 Å². The van der Waals surface area contributed by atoms with Crippen LogP contribution in [0, 0.1) is 5.92 Å². The summed E-state index contributed by atoms with van der Waals surface area (Å²) in [7, 11) is 0. The van der Waals surface area contributed by atoms with E-state index in [0.717, 1.165) is 54.7 Å². The lowest BCUT2D eigenvalue weighted by Crippen LogP contribution is -2.38. The Morgan fingerprint density at radius 2 is 1.76 bits per heavy atom. The molecule has 6 nitrogen and oxygen atoms in total. The van der Waals surface area contributed by atoms with E-state index in [2.05, 4.69) is 22.5 Å². The maximum absolute atomic E-state index is 12.3. The summed E-state index contributed by atoms with van der Waals surface area (Å²) in [5.74, 6) is 3.09. The zero-order valence-corrected chi connectivity index (χ0v) is 18.3. The van der Waals surface area contributed by atoms with E-state index in [9.17, 15) is 9.59 Å². The van der Waals surface area contributed by atoms with Crippen LogP contribution in [0.4, 0.5) is 10.5 Å². The summed E-state index contributed by atoms with van der Waals surface area (Å²) in [6, 6.07) is 7.39. The molecule has 7 heteroatoms. The minimum Gasteiger partial charge on any atom is -0.341 e. The number of rotatable bonds is 7. The lowest BCUT2D eigenvalue weighted by atomic mass is 9.99. The van der Waals surface area contributed by atoms with Crippen LogP contribution < -0.4 is 10.6 Å². The molecule has 160 valence electrons. The van der Waals surface area contributed by atoms with E-state index in [1.54, 1.807) is 0 Å². The fourth-order valence-electron chi connectivity index (χ4n) is 3.77. The second-order valence-electron chi connectivity index (χ2n) is 8.13. The van der Waals surface area contributed by atoms with Crippen molar-refractivity contribution >= 4 is 29.4 Å². The van der Waals surface area contributed by atoms with Gasteiger partial charge in [0.1, 0.15) is 0 Å². The molecule has 0 aliphatic carbocycles. The van der Waals surface area contributed by atoms with Crippen LogP contribution in [0.1, 0.15) is 31.7 Å². The molecule has 2 fully saturated rings. The Labute approximate surface area is 178 Å². The number of carbonyl (C=O) groups is 2. The molecular formula is C22H34N4O2S. The zero-order chi connectivity index (χ0) is 20.5. The number of carbonyl (C=O) groups excluding carboxylic acids is 2. The number of hydrogen-bond donors (Lipinski definition) is 2. The van der Waals surface area contributed by atoms with Gasteiger partial charge in [0.25, 0.3) is 0 Å². The third kappa shape index (κ3) is 7.55. The lowest BCUT2D eigenvalue weighted by molar-refractivity contribution is -0.130. The highest BCUT2D eigenvalue weighted by Gasteiger charge is 2.17. The number of nitrogens with zero attached hydrogens (tertiary/aromatic N) is 2. The topological polar surface area (TPSA) is 64.7 Å². The second-order valence-corrected chi connectivity index (χ2v) is 9.35. The highest BCUT2D eigenvalue weighted by atomic mass is 32.2. The van der Waals surface area contributed by atoms with Crippen molar-refractivity contribution in [1.82, 2.24) is 15.1 Å². The summed E-state index contributed by atoms with van der Waals surface area (Å²) in [6.07, 6.45) is 3.96. The first-order valence-electron chi connectivity index (χ1n) is 10.8. The maximum atomic E-state index is 12.3. The average molecular weight is 419 g/mol. The Hall–Kier alpha value is -1.73. The van der Waals surface area contributed by atoms with Gasteiger partial charge in [-0.05, 0) is 62.5 Å². The minimum absolute atomic E-state index is 0.174. The molecule has 1 aromatic carbocycles. The highest BCUT2D eigenvalue weighted by Crippen LogP contribution is 2.16. The Bertz CT molecular complexity index is 653. The quantitative estimate of drug-likeness (QED) is 0.668. The summed E-state index contributed by atoms with van der Waals surface area (Å²) in [5.41, 5.74) is 1.73. The summed E-state index contributed by atoms with van der Waals surface area (Å²) in [5, 5.41) is 5.80. The molecule has 0 unspecified atom stereocenters. The molecule has 2 aliphatic heterocycles. The van der Waals surface area contributed by atoms with Crippen molar-refractivity contribution in [3.63, 3.8) is 0 Å². The number of thioether (sulfide) groups is 1. The third-order valence-electron chi connectivity index (χ3n) is 5.74. The molecule has 0 spiro atoms. The van der Waals surface area contributed by atoms with Crippen LogP contribution in [0.25, 0.3) is 0 Å². The summed E-state index contributed by atoms with van der Waals surface area (Å²) in [6.45, 7) is 8.10. The molecule has 2 saturated heterocycles. The predicted molar refractivity (Wildman–Crippen MR) is 121 cm³/mol. The van der Waals surface area contributed by atoms with Crippen LogP contribution in [-0.2, 0) is 11.2 Å². The first kappa shape index (κ1) is 22.0. The third-order valence-corrected chi connectivity index (χ3v) is 6.69. The molecule has 0 radical (unpaired) electrons. The van der Waals surface area contributed by atoms with Crippen LogP contribution in [0.2, 0.25) is 0 Å². The normalized spacial score (nSPS) is 18.4. The fraction of sp³-hybridized carbons (Fsp3) is 0.636. The van der Waals surface area contributed by atoms with Crippen molar-refractivity contribution in [3.8, 4) is 0 Å². The van der Waals surface area contributed by atoms with Crippen LogP contribution in [-0.4, -0.2) is 72.5 Å². The minimum atomic E-state index is -0.174. The molecule has 2 aliphatic rings. The largest absolute Gasteiger partial charge is 0.341 e. The van der Waals surface area contributed by atoms with E-state index >= 15 is 0 Å². The number of amides is 3. The molecule has 0 saturated carbocycles. The van der Waals surface area contributed by atoms with Gasteiger partial charge in [-0.1, -0.05) is 19.1 Å². The molecule has 0 atom stereocenters. The molecule has 2 heterocycles. The van der Waals surface area contributed by atoms with E-state index in [0.29, 0.717) is 13.0 Å². The van der Waals surface area contributed by atoms with E-state index < -0.39 is 0 Å². The summed E-state index contributed by atoms with van der Waals surface area (Å²) in [4.78, 5) is 28.9. The van der Waals surface area contributed by atoms with Crippen molar-refractivity contribution in [2.24, 2.45) is 5.92 Å². The van der Waals surface area contributed by atoms with Gasteiger partial charge >= 0.3 is 6.03 Å². The summed E-state index contributed by atoms with van der Waals surface area (Å²) >= 11 is 1.90. The monoisotopic (exact) mass is 418 g/mol. The van der Waals surface area contributed by atoms with Gasteiger partial charge in [-0.2, -0.15) is 11.8 Å². The van der Waals surface area contributed by atoms with Gasteiger partial charge in [-0.3, -0.25) is 4.79 Å². The standard InChI is InChI=1S/C22H34N4O2S/c1-18-7-11-25(12-8-18)10-2-9-23-22(28)24-20-5-3-19(4-6-20)17-21(27)26-13-15-29-16-14-26/h3-6,18H,2,7-17H2,1H3,(H2,23,24,28). The molecule has 3 amide bonds. The van der Waals surface area contributed by atoms with Crippen molar-refractivity contribution in [1.29, 1.82) is 0 Å². The van der Waals surface area contributed by atoms with E-state index in [4.69, 9.17) is 0 Å². The van der Waals surface area contributed by atoms with Crippen molar-refractivity contribution in [2.75, 3.05) is 56.1 Å². The molecule has 1 aromatic rings. The number of anilines is 1. The number of benzene rings is 1. The smallest absolute Gasteiger partial charge is 0.319 e. The van der Waals surface area contributed by atoms with Gasteiger partial charge in [0.15, 0.2) is 0 Å². The molecule has 0 bridgehead atoms. The van der Waals surface area contributed by atoms with Crippen molar-refractivity contribution in [3.05, 3.63) is 29.8 Å². The Morgan fingerprint density at radius 1 is 1.07 bits per heavy atom. The van der Waals surface area contributed by atoms with Crippen LogP contribution >= 0.6 is 11.8 Å². The van der Waals surface area contributed by atoms with Crippen LogP contribution in [0.3, 0.4) is 0 Å². The zero-order valence-electron chi connectivity index (χ0n) is 17.5. The Balaban J connectivity index is 1.32. The van der Waals surface area contributed by atoms with E-state index in [1.165, 1.54) is 25.9 Å². The Kier molecular flexibility index (Phi) is 8.68. The van der Waals surface area contributed by atoms with Gasteiger partial charge in [-0.15, -0.1) is 0 Å². The van der Waals surface area contributed by atoms with Crippen LogP contribution in [0.15, 0.2) is 24.3 Å². The number of nitrogens with one attached hydrogen (secondary N) is 2. The Morgan fingerprint density at radius 3 is 2.45 bits per heavy atom. The molecule has 0 aromatic heterocycles. The first-order chi connectivity index (χ1) is 14.1. The molecule has 2 N–H and O–H groups in total. The SMILES string of the molecule is CC1CCN(CCCNC(=O)Nc2ccc(CC(=O)N3CCSCC3)cc2)CC1. The fourth-order valence-corrected chi connectivity index (χ4v) is 4.67. The lowest BCUT2D eigenvalue weighted by Gasteiger charge is -2.30. The van der Waals surface area contributed by atoms with Gasteiger partial charge < -0.3 is 20.4 Å². The number of piperidine rings is 1. The van der Waals surface area contributed by atoms with E-state index in [1.807, 2.05) is 40.9 Å². The van der Waals surface area contributed by atoms with Gasteiger partial charge in [-0.25, -0.2) is 4.79 Å². The van der Waals surface area contributed by atoms with Crippen molar-refractivity contribution < 1.29 is 9.59 Å². The molecule has 29 heavy (non-hydrogen) atoms. The first-order valence-corrected chi connectivity index (χ1v) is 12.0. The van der Waals surface area contributed by atoms with Crippen LogP contribution in [0.5, 0.6) is 0 Å².